The number of aromatic nitrogens is 1. The van der Waals surface area contributed by atoms with Crippen LogP contribution in [0.25, 0.3) is 0 Å². The van der Waals surface area contributed by atoms with E-state index in [0.717, 1.165) is 12.0 Å². The summed E-state index contributed by atoms with van der Waals surface area (Å²) in [6.07, 6.45) is -0.140. The van der Waals surface area contributed by atoms with Crippen molar-refractivity contribution in [2.45, 2.75) is 33.6 Å². The summed E-state index contributed by atoms with van der Waals surface area (Å²) in [7, 11) is 0. The van der Waals surface area contributed by atoms with Crippen molar-refractivity contribution in [3.05, 3.63) is 29.6 Å². The van der Waals surface area contributed by atoms with Crippen LogP contribution in [-0.4, -0.2) is 4.98 Å². The van der Waals surface area contributed by atoms with Crippen molar-refractivity contribution in [3.8, 4) is 0 Å². The Bertz CT molecular complexity index is 219. The van der Waals surface area contributed by atoms with Crippen molar-refractivity contribution < 1.29 is 8.78 Å². The van der Waals surface area contributed by atoms with Gasteiger partial charge in [-0.05, 0) is 18.1 Å². The number of aryl methyl sites for hydroxylation is 1. The van der Waals surface area contributed by atoms with Crippen molar-refractivity contribution in [2.75, 3.05) is 0 Å². The molecule has 1 rings (SSSR count). The molecule has 1 aromatic rings. The molecule has 0 saturated carbocycles. The SMILES string of the molecule is CC.CCc1ccc(C(F)F)nc1. The van der Waals surface area contributed by atoms with Crippen LogP contribution in [0.5, 0.6) is 0 Å². The smallest absolute Gasteiger partial charge is 0.255 e. The highest BCUT2D eigenvalue weighted by Crippen LogP contribution is 2.15. The van der Waals surface area contributed by atoms with Crippen LogP contribution < -0.4 is 0 Å². The molecule has 0 aliphatic carbocycles. The van der Waals surface area contributed by atoms with Crippen LogP contribution in [0.4, 0.5) is 8.78 Å². The standard InChI is InChI=1S/C8H9F2N.C2H6/c1-2-6-3-4-7(8(9)10)11-5-6;1-2/h3-5,8H,2H2,1H3;1-2H3. The van der Waals surface area contributed by atoms with Crippen LogP contribution in [0.3, 0.4) is 0 Å². The van der Waals surface area contributed by atoms with Crippen LogP contribution >= 0.6 is 0 Å². The van der Waals surface area contributed by atoms with Crippen LogP contribution in [0.2, 0.25) is 0 Å². The monoisotopic (exact) mass is 187 g/mol. The van der Waals surface area contributed by atoms with Gasteiger partial charge in [-0.25, -0.2) is 8.78 Å². The molecule has 0 aliphatic heterocycles. The van der Waals surface area contributed by atoms with Crippen LogP contribution in [-0.2, 0) is 6.42 Å². The summed E-state index contributed by atoms with van der Waals surface area (Å²) in [5.41, 5.74) is 0.830. The van der Waals surface area contributed by atoms with Gasteiger partial charge in [0.2, 0.25) is 0 Å². The van der Waals surface area contributed by atoms with Gasteiger partial charge in [0.15, 0.2) is 0 Å². The van der Waals surface area contributed by atoms with Gasteiger partial charge in [0.1, 0.15) is 5.69 Å². The molecule has 13 heavy (non-hydrogen) atoms. The fraction of sp³-hybridized carbons (Fsp3) is 0.500. The Morgan fingerprint density at radius 2 is 1.92 bits per heavy atom. The maximum atomic E-state index is 11.9. The zero-order valence-corrected chi connectivity index (χ0v) is 8.22. The van der Waals surface area contributed by atoms with Gasteiger partial charge in [-0.15, -0.1) is 0 Å². The van der Waals surface area contributed by atoms with Crippen molar-refractivity contribution >= 4 is 0 Å². The first-order valence-electron chi connectivity index (χ1n) is 4.47. The first-order valence-corrected chi connectivity index (χ1v) is 4.47. The average Bonchev–Trinajstić information content (AvgIpc) is 2.21. The molecule has 0 radical (unpaired) electrons. The average molecular weight is 187 g/mol. The molecule has 0 atom stereocenters. The lowest BCUT2D eigenvalue weighted by molar-refractivity contribution is 0.146. The third-order valence-corrected chi connectivity index (χ3v) is 1.48. The van der Waals surface area contributed by atoms with Crippen molar-refractivity contribution in [3.63, 3.8) is 0 Å². The zero-order chi connectivity index (χ0) is 10.3. The number of pyridine rings is 1. The number of alkyl halides is 2. The Kier molecular flexibility index (Phi) is 6.02. The Hall–Kier alpha value is -0.990. The molecular formula is C10H15F2N. The van der Waals surface area contributed by atoms with E-state index in [1.54, 1.807) is 6.07 Å². The molecule has 0 N–H and O–H groups in total. The van der Waals surface area contributed by atoms with Gasteiger partial charge in [-0.2, -0.15) is 0 Å². The molecule has 0 bridgehead atoms. The lowest BCUT2D eigenvalue weighted by Gasteiger charge is -1.98. The molecule has 1 nitrogen and oxygen atoms in total. The molecule has 0 unspecified atom stereocenters. The lowest BCUT2D eigenvalue weighted by Crippen LogP contribution is -1.90. The Morgan fingerprint density at radius 3 is 2.23 bits per heavy atom. The molecule has 0 spiro atoms. The maximum Gasteiger partial charge on any atom is 0.280 e. The van der Waals surface area contributed by atoms with Gasteiger partial charge in [0.05, 0.1) is 0 Å². The topological polar surface area (TPSA) is 12.9 Å². The largest absolute Gasteiger partial charge is 0.280 e. The van der Waals surface area contributed by atoms with Gasteiger partial charge in [-0.1, -0.05) is 26.8 Å². The second kappa shape index (κ2) is 6.52. The molecule has 0 aliphatic rings. The molecule has 1 heterocycles. The van der Waals surface area contributed by atoms with Crippen molar-refractivity contribution in [1.82, 2.24) is 4.98 Å². The molecule has 0 amide bonds. The lowest BCUT2D eigenvalue weighted by atomic mass is 10.2. The quantitative estimate of drug-likeness (QED) is 0.689. The summed E-state index contributed by atoms with van der Waals surface area (Å²) in [6.45, 7) is 5.96. The second-order valence-electron chi connectivity index (χ2n) is 2.25. The summed E-state index contributed by atoms with van der Waals surface area (Å²) in [4.78, 5) is 3.60. The zero-order valence-electron chi connectivity index (χ0n) is 8.22. The highest BCUT2D eigenvalue weighted by Gasteiger charge is 2.06. The molecule has 0 fully saturated rings. The number of rotatable bonds is 2. The van der Waals surface area contributed by atoms with E-state index in [0.29, 0.717) is 0 Å². The summed E-state index contributed by atoms with van der Waals surface area (Å²) < 4.78 is 23.9. The van der Waals surface area contributed by atoms with E-state index in [2.05, 4.69) is 4.98 Å². The van der Waals surface area contributed by atoms with E-state index in [4.69, 9.17) is 0 Å². The van der Waals surface area contributed by atoms with Gasteiger partial charge in [0.25, 0.3) is 6.43 Å². The maximum absolute atomic E-state index is 11.9. The van der Waals surface area contributed by atoms with E-state index in [9.17, 15) is 8.78 Å². The molecular weight excluding hydrogens is 172 g/mol. The third kappa shape index (κ3) is 3.97. The summed E-state index contributed by atoms with van der Waals surface area (Å²) >= 11 is 0. The first-order chi connectivity index (χ1) is 6.24. The van der Waals surface area contributed by atoms with Gasteiger partial charge < -0.3 is 0 Å². The Balaban J connectivity index is 0.000000671. The number of nitrogens with zero attached hydrogens (tertiary/aromatic N) is 1. The summed E-state index contributed by atoms with van der Waals surface area (Å²) in [6, 6.07) is 3.04. The Morgan fingerprint density at radius 1 is 1.31 bits per heavy atom. The second-order valence-corrected chi connectivity index (χ2v) is 2.25. The van der Waals surface area contributed by atoms with Crippen LogP contribution in [0.1, 0.15) is 38.5 Å². The van der Waals surface area contributed by atoms with Crippen molar-refractivity contribution in [2.24, 2.45) is 0 Å². The number of hydrogen-bond donors (Lipinski definition) is 0. The van der Waals surface area contributed by atoms with E-state index >= 15 is 0 Å². The number of halogens is 2. The van der Waals surface area contributed by atoms with E-state index in [-0.39, 0.29) is 5.69 Å². The van der Waals surface area contributed by atoms with E-state index in [1.807, 2.05) is 20.8 Å². The highest BCUT2D eigenvalue weighted by atomic mass is 19.3. The van der Waals surface area contributed by atoms with Gasteiger partial charge >= 0.3 is 0 Å². The number of hydrogen-bond acceptors (Lipinski definition) is 1. The first kappa shape index (κ1) is 12.0. The normalized spacial score (nSPS) is 9.38. The fourth-order valence-corrected chi connectivity index (χ4v) is 0.774. The minimum Gasteiger partial charge on any atom is -0.255 e. The minimum atomic E-state index is -2.46. The van der Waals surface area contributed by atoms with E-state index < -0.39 is 6.43 Å². The third-order valence-electron chi connectivity index (χ3n) is 1.48. The van der Waals surface area contributed by atoms with E-state index in [1.165, 1.54) is 12.3 Å². The molecule has 74 valence electrons. The molecule has 0 aromatic carbocycles. The van der Waals surface area contributed by atoms with Crippen LogP contribution in [0, 0.1) is 0 Å². The van der Waals surface area contributed by atoms with Crippen molar-refractivity contribution in [1.29, 1.82) is 0 Å². The fourth-order valence-electron chi connectivity index (χ4n) is 0.774. The van der Waals surface area contributed by atoms with Crippen LogP contribution in [0.15, 0.2) is 18.3 Å². The summed E-state index contributed by atoms with van der Waals surface area (Å²) in [5, 5.41) is 0. The van der Waals surface area contributed by atoms with Gasteiger partial charge in [-0.3, -0.25) is 4.98 Å². The Labute approximate surface area is 77.8 Å². The predicted molar refractivity (Wildman–Crippen MR) is 49.9 cm³/mol. The predicted octanol–water partition coefficient (Wildman–Crippen LogP) is 3.61. The molecule has 1 aromatic heterocycles. The minimum absolute atomic E-state index is 0.151. The summed E-state index contributed by atoms with van der Waals surface area (Å²) in [5.74, 6) is 0. The highest BCUT2D eigenvalue weighted by molar-refractivity contribution is 5.14. The molecule has 0 saturated heterocycles. The van der Waals surface area contributed by atoms with Gasteiger partial charge in [0, 0.05) is 6.20 Å². The molecule has 3 heteroatoms.